The Labute approximate surface area is 122 Å². The SMILES string of the molecule is CC1(C(=O)O)COCC1NC(=O)[C@@H]1Cc2ccccc2N1. The second-order valence-corrected chi connectivity index (χ2v) is 5.86. The Morgan fingerprint density at radius 2 is 2.19 bits per heavy atom. The van der Waals surface area contributed by atoms with Crippen molar-refractivity contribution in [2.45, 2.75) is 25.4 Å². The Morgan fingerprint density at radius 3 is 2.90 bits per heavy atom. The number of anilines is 1. The second-order valence-electron chi connectivity index (χ2n) is 5.86. The fourth-order valence-electron chi connectivity index (χ4n) is 2.81. The monoisotopic (exact) mass is 290 g/mol. The lowest BCUT2D eigenvalue weighted by Crippen LogP contribution is -2.53. The molecule has 1 aromatic rings. The zero-order valence-corrected chi connectivity index (χ0v) is 11.8. The molecule has 2 aliphatic rings. The Morgan fingerprint density at radius 1 is 1.43 bits per heavy atom. The van der Waals surface area contributed by atoms with Crippen LogP contribution in [0, 0.1) is 5.41 Å². The van der Waals surface area contributed by atoms with Gasteiger partial charge in [-0.2, -0.15) is 0 Å². The van der Waals surface area contributed by atoms with Crippen molar-refractivity contribution in [1.82, 2.24) is 5.32 Å². The predicted octanol–water partition coefficient (Wildman–Crippen LogP) is 0.629. The van der Waals surface area contributed by atoms with E-state index in [1.54, 1.807) is 6.92 Å². The number of hydrogen-bond donors (Lipinski definition) is 3. The van der Waals surface area contributed by atoms with Gasteiger partial charge in [-0.1, -0.05) is 18.2 Å². The van der Waals surface area contributed by atoms with E-state index in [1.807, 2.05) is 24.3 Å². The van der Waals surface area contributed by atoms with Gasteiger partial charge in [0.05, 0.1) is 19.3 Å². The summed E-state index contributed by atoms with van der Waals surface area (Å²) in [6, 6.07) is 6.90. The first-order chi connectivity index (χ1) is 10.0. The first kappa shape index (κ1) is 13.9. The predicted molar refractivity (Wildman–Crippen MR) is 76.0 cm³/mol. The molecule has 0 aliphatic carbocycles. The maximum absolute atomic E-state index is 12.4. The summed E-state index contributed by atoms with van der Waals surface area (Å²) in [5.74, 6) is -1.14. The third-order valence-corrected chi connectivity index (χ3v) is 4.35. The first-order valence-corrected chi connectivity index (χ1v) is 6.96. The van der Waals surface area contributed by atoms with Crippen LogP contribution in [0.25, 0.3) is 0 Å². The van der Waals surface area contributed by atoms with Crippen LogP contribution in [0.3, 0.4) is 0 Å². The smallest absolute Gasteiger partial charge is 0.313 e. The molecular weight excluding hydrogens is 272 g/mol. The molecule has 3 rings (SSSR count). The molecule has 1 fully saturated rings. The van der Waals surface area contributed by atoms with E-state index in [4.69, 9.17) is 4.74 Å². The van der Waals surface area contributed by atoms with Gasteiger partial charge in [0, 0.05) is 12.1 Å². The Bertz CT molecular complexity index is 564. The summed E-state index contributed by atoms with van der Waals surface area (Å²) in [5.41, 5.74) is 0.990. The van der Waals surface area contributed by atoms with Crippen molar-refractivity contribution in [3.05, 3.63) is 29.8 Å². The van der Waals surface area contributed by atoms with Crippen molar-refractivity contribution < 1.29 is 19.4 Å². The molecule has 3 atom stereocenters. The van der Waals surface area contributed by atoms with E-state index in [0.29, 0.717) is 6.42 Å². The molecule has 112 valence electrons. The summed E-state index contributed by atoms with van der Waals surface area (Å²) in [6.45, 7) is 1.95. The van der Waals surface area contributed by atoms with E-state index in [2.05, 4.69) is 10.6 Å². The van der Waals surface area contributed by atoms with Crippen LogP contribution < -0.4 is 10.6 Å². The summed E-state index contributed by atoms with van der Waals surface area (Å²) in [6.07, 6.45) is 0.610. The molecule has 2 aliphatic heterocycles. The molecule has 1 saturated heterocycles. The molecule has 0 bridgehead atoms. The van der Waals surface area contributed by atoms with Gasteiger partial charge < -0.3 is 20.5 Å². The van der Waals surface area contributed by atoms with E-state index < -0.39 is 17.4 Å². The molecule has 0 saturated carbocycles. The summed E-state index contributed by atoms with van der Waals surface area (Å²) in [7, 11) is 0. The summed E-state index contributed by atoms with van der Waals surface area (Å²) < 4.78 is 5.24. The highest BCUT2D eigenvalue weighted by atomic mass is 16.5. The van der Waals surface area contributed by atoms with Crippen LogP contribution in [0.1, 0.15) is 12.5 Å². The number of para-hydroxylation sites is 1. The van der Waals surface area contributed by atoms with Crippen molar-refractivity contribution in [1.29, 1.82) is 0 Å². The normalized spacial score (nSPS) is 30.5. The minimum atomic E-state index is -1.07. The number of aliphatic carboxylic acids is 1. The lowest BCUT2D eigenvalue weighted by molar-refractivity contribution is -0.149. The highest BCUT2D eigenvalue weighted by molar-refractivity contribution is 5.88. The first-order valence-electron chi connectivity index (χ1n) is 6.96. The lowest BCUT2D eigenvalue weighted by atomic mass is 9.85. The number of ether oxygens (including phenoxy) is 1. The van der Waals surface area contributed by atoms with Crippen molar-refractivity contribution in [3.63, 3.8) is 0 Å². The Kier molecular flexibility index (Phi) is 3.33. The zero-order chi connectivity index (χ0) is 15.0. The van der Waals surface area contributed by atoms with Gasteiger partial charge in [-0.15, -0.1) is 0 Å². The van der Waals surface area contributed by atoms with Crippen LogP contribution in [0.15, 0.2) is 24.3 Å². The van der Waals surface area contributed by atoms with Crippen molar-refractivity contribution in [3.8, 4) is 0 Å². The standard InChI is InChI=1S/C15H18N2O4/c1-15(14(19)20)8-21-7-12(15)17-13(18)11-6-9-4-2-3-5-10(9)16-11/h2-5,11-12,16H,6-8H2,1H3,(H,17,18)(H,19,20)/t11-,12?,15?/m0/s1. The van der Waals surface area contributed by atoms with E-state index in [0.717, 1.165) is 11.3 Å². The van der Waals surface area contributed by atoms with Crippen molar-refractivity contribution in [2.24, 2.45) is 5.41 Å². The minimum Gasteiger partial charge on any atom is -0.481 e. The van der Waals surface area contributed by atoms with E-state index >= 15 is 0 Å². The van der Waals surface area contributed by atoms with Crippen LogP contribution in [0.4, 0.5) is 5.69 Å². The number of carbonyl (C=O) groups is 2. The Balaban J connectivity index is 1.67. The molecule has 0 aromatic heterocycles. The Hall–Kier alpha value is -2.08. The van der Waals surface area contributed by atoms with Crippen LogP contribution in [0.2, 0.25) is 0 Å². The highest BCUT2D eigenvalue weighted by Gasteiger charge is 2.48. The van der Waals surface area contributed by atoms with Gasteiger partial charge in [0.1, 0.15) is 11.5 Å². The van der Waals surface area contributed by atoms with Crippen LogP contribution >= 0.6 is 0 Å². The lowest BCUT2D eigenvalue weighted by Gasteiger charge is -2.26. The summed E-state index contributed by atoms with van der Waals surface area (Å²) >= 11 is 0. The van der Waals surface area contributed by atoms with E-state index in [9.17, 15) is 14.7 Å². The van der Waals surface area contributed by atoms with Gasteiger partial charge in [-0.05, 0) is 18.6 Å². The van der Waals surface area contributed by atoms with Crippen LogP contribution in [-0.2, 0) is 20.7 Å². The van der Waals surface area contributed by atoms with Crippen LogP contribution in [-0.4, -0.2) is 42.3 Å². The molecule has 0 radical (unpaired) electrons. The third-order valence-electron chi connectivity index (χ3n) is 4.35. The fourth-order valence-corrected chi connectivity index (χ4v) is 2.81. The summed E-state index contributed by atoms with van der Waals surface area (Å²) in [5, 5.41) is 15.3. The molecule has 6 nitrogen and oxygen atoms in total. The van der Waals surface area contributed by atoms with Crippen molar-refractivity contribution in [2.75, 3.05) is 18.5 Å². The maximum atomic E-state index is 12.4. The fraction of sp³-hybridized carbons (Fsp3) is 0.467. The zero-order valence-electron chi connectivity index (χ0n) is 11.8. The molecule has 2 heterocycles. The van der Waals surface area contributed by atoms with E-state index in [1.165, 1.54) is 0 Å². The molecule has 0 spiro atoms. The van der Waals surface area contributed by atoms with Crippen LogP contribution in [0.5, 0.6) is 0 Å². The number of rotatable bonds is 3. The number of amides is 1. The molecule has 1 amide bonds. The number of carboxylic acid groups (broad SMARTS) is 1. The van der Waals surface area contributed by atoms with Gasteiger partial charge >= 0.3 is 5.97 Å². The van der Waals surface area contributed by atoms with Gasteiger partial charge in [0.2, 0.25) is 5.91 Å². The quantitative estimate of drug-likeness (QED) is 0.760. The number of benzene rings is 1. The molecular formula is C15H18N2O4. The molecule has 3 N–H and O–H groups in total. The maximum Gasteiger partial charge on any atom is 0.313 e. The molecule has 6 heteroatoms. The largest absolute Gasteiger partial charge is 0.481 e. The number of carboxylic acids is 1. The molecule has 21 heavy (non-hydrogen) atoms. The number of fused-ring (bicyclic) bond motifs is 1. The van der Waals surface area contributed by atoms with Gasteiger partial charge in [-0.25, -0.2) is 0 Å². The third kappa shape index (κ3) is 2.35. The highest BCUT2D eigenvalue weighted by Crippen LogP contribution is 2.30. The molecule has 2 unspecified atom stereocenters. The topological polar surface area (TPSA) is 87.7 Å². The second kappa shape index (κ2) is 5.04. The summed E-state index contributed by atoms with van der Waals surface area (Å²) in [4.78, 5) is 23.7. The van der Waals surface area contributed by atoms with Gasteiger partial charge in [0.15, 0.2) is 0 Å². The van der Waals surface area contributed by atoms with Gasteiger partial charge in [0.25, 0.3) is 0 Å². The minimum absolute atomic E-state index is 0.117. The average Bonchev–Trinajstić information content (AvgIpc) is 3.04. The number of carbonyl (C=O) groups excluding carboxylic acids is 1. The average molecular weight is 290 g/mol. The van der Waals surface area contributed by atoms with Crippen molar-refractivity contribution >= 4 is 17.6 Å². The van der Waals surface area contributed by atoms with E-state index in [-0.39, 0.29) is 25.2 Å². The number of nitrogens with one attached hydrogen (secondary N) is 2. The number of hydrogen-bond acceptors (Lipinski definition) is 4. The molecule has 1 aromatic carbocycles. The van der Waals surface area contributed by atoms with Gasteiger partial charge in [-0.3, -0.25) is 9.59 Å².